The van der Waals surface area contributed by atoms with E-state index in [0.717, 1.165) is 19.1 Å². The predicted molar refractivity (Wildman–Crippen MR) is 62.1 cm³/mol. The first-order chi connectivity index (χ1) is 7.18. The van der Waals surface area contributed by atoms with Gasteiger partial charge in [-0.05, 0) is 58.8 Å². The standard InChI is InChI=1S/C12H24N2O/c1-12(5-8-15-10-12)13-9-11-3-6-14(2)7-4-11/h11,13H,3-10H2,1-2H3. The maximum absolute atomic E-state index is 5.45. The lowest BCUT2D eigenvalue weighted by molar-refractivity contribution is 0.162. The first kappa shape index (κ1) is 11.4. The van der Waals surface area contributed by atoms with Crippen LogP contribution in [-0.4, -0.2) is 50.3 Å². The van der Waals surface area contributed by atoms with Gasteiger partial charge in [0.15, 0.2) is 0 Å². The number of nitrogens with zero attached hydrogens (tertiary/aromatic N) is 1. The summed E-state index contributed by atoms with van der Waals surface area (Å²) in [5, 5.41) is 3.70. The Morgan fingerprint density at radius 3 is 2.73 bits per heavy atom. The van der Waals surface area contributed by atoms with E-state index in [1.165, 1.54) is 38.9 Å². The molecule has 0 aromatic rings. The molecule has 1 atom stereocenters. The maximum Gasteiger partial charge on any atom is 0.0646 e. The van der Waals surface area contributed by atoms with Crippen molar-refractivity contribution in [1.29, 1.82) is 0 Å². The topological polar surface area (TPSA) is 24.5 Å². The minimum Gasteiger partial charge on any atom is -0.379 e. The molecule has 0 saturated carbocycles. The molecule has 2 aliphatic rings. The second kappa shape index (κ2) is 4.81. The molecule has 0 spiro atoms. The molecule has 2 fully saturated rings. The van der Waals surface area contributed by atoms with Crippen molar-refractivity contribution in [2.24, 2.45) is 5.92 Å². The van der Waals surface area contributed by atoms with E-state index in [2.05, 4.69) is 24.2 Å². The van der Waals surface area contributed by atoms with Gasteiger partial charge in [-0.2, -0.15) is 0 Å². The molecule has 2 aliphatic heterocycles. The zero-order valence-electron chi connectivity index (χ0n) is 10.1. The minimum atomic E-state index is 0.253. The quantitative estimate of drug-likeness (QED) is 0.758. The van der Waals surface area contributed by atoms with E-state index in [4.69, 9.17) is 4.74 Å². The highest BCUT2D eigenvalue weighted by Crippen LogP contribution is 2.20. The summed E-state index contributed by atoms with van der Waals surface area (Å²) in [5.41, 5.74) is 0.253. The number of piperidine rings is 1. The van der Waals surface area contributed by atoms with Crippen LogP contribution in [0.5, 0.6) is 0 Å². The Hall–Kier alpha value is -0.120. The van der Waals surface area contributed by atoms with Crippen molar-refractivity contribution in [3.63, 3.8) is 0 Å². The van der Waals surface area contributed by atoms with Crippen molar-refractivity contribution < 1.29 is 4.74 Å². The zero-order valence-corrected chi connectivity index (χ0v) is 10.1. The summed E-state index contributed by atoms with van der Waals surface area (Å²) in [7, 11) is 2.22. The molecule has 2 rings (SSSR count). The van der Waals surface area contributed by atoms with Crippen LogP contribution in [0.25, 0.3) is 0 Å². The molecule has 88 valence electrons. The van der Waals surface area contributed by atoms with Crippen LogP contribution in [0, 0.1) is 5.92 Å². The molecule has 1 N–H and O–H groups in total. The van der Waals surface area contributed by atoms with E-state index in [9.17, 15) is 0 Å². The van der Waals surface area contributed by atoms with Crippen LogP contribution in [0.4, 0.5) is 0 Å². The van der Waals surface area contributed by atoms with E-state index in [1.807, 2.05) is 0 Å². The Labute approximate surface area is 93.2 Å². The molecule has 0 amide bonds. The Kier molecular flexibility index (Phi) is 3.65. The van der Waals surface area contributed by atoms with Crippen LogP contribution >= 0.6 is 0 Å². The summed E-state index contributed by atoms with van der Waals surface area (Å²) in [5.74, 6) is 0.874. The van der Waals surface area contributed by atoms with Crippen LogP contribution < -0.4 is 5.32 Å². The smallest absolute Gasteiger partial charge is 0.0646 e. The van der Waals surface area contributed by atoms with Crippen molar-refractivity contribution in [2.45, 2.75) is 31.7 Å². The molecular weight excluding hydrogens is 188 g/mol. The fraction of sp³-hybridized carbons (Fsp3) is 1.00. The number of hydrogen-bond acceptors (Lipinski definition) is 3. The fourth-order valence-corrected chi connectivity index (χ4v) is 2.46. The summed E-state index contributed by atoms with van der Waals surface area (Å²) in [6.07, 6.45) is 3.86. The largest absolute Gasteiger partial charge is 0.379 e. The average molecular weight is 212 g/mol. The lowest BCUT2D eigenvalue weighted by Crippen LogP contribution is -2.46. The zero-order chi connectivity index (χ0) is 10.7. The summed E-state index contributed by atoms with van der Waals surface area (Å²) in [4.78, 5) is 2.43. The van der Waals surface area contributed by atoms with Crippen LogP contribution in [0.1, 0.15) is 26.2 Å². The van der Waals surface area contributed by atoms with Gasteiger partial charge in [0.1, 0.15) is 0 Å². The molecule has 0 bridgehead atoms. The van der Waals surface area contributed by atoms with Crippen molar-refractivity contribution in [2.75, 3.05) is 39.9 Å². The third-order valence-electron chi connectivity index (χ3n) is 3.87. The monoisotopic (exact) mass is 212 g/mol. The number of likely N-dealkylation sites (tertiary alicyclic amines) is 1. The predicted octanol–water partition coefficient (Wildman–Crippen LogP) is 1.10. The minimum absolute atomic E-state index is 0.253. The number of rotatable bonds is 3. The normalized spacial score (nSPS) is 34.8. The van der Waals surface area contributed by atoms with Gasteiger partial charge in [-0.25, -0.2) is 0 Å². The van der Waals surface area contributed by atoms with Crippen LogP contribution in [-0.2, 0) is 4.74 Å². The van der Waals surface area contributed by atoms with E-state index < -0.39 is 0 Å². The molecule has 15 heavy (non-hydrogen) atoms. The van der Waals surface area contributed by atoms with Crippen molar-refractivity contribution in [1.82, 2.24) is 10.2 Å². The van der Waals surface area contributed by atoms with Crippen LogP contribution in [0.15, 0.2) is 0 Å². The van der Waals surface area contributed by atoms with Crippen molar-refractivity contribution >= 4 is 0 Å². The number of ether oxygens (including phenoxy) is 1. The Morgan fingerprint density at radius 2 is 2.13 bits per heavy atom. The Bertz CT molecular complexity index is 194. The van der Waals surface area contributed by atoms with E-state index in [1.54, 1.807) is 0 Å². The van der Waals surface area contributed by atoms with Gasteiger partial charge < -0.3 is 15.0 Å². The fourth-order valence-electron chi connectivity index (χ4n) is 2.46. The maximum atomic E-state index is 5.45. The highest BCUT2D eigenvalue weighted by atomic mass is 16.5. The van der Waals surface area contributed by atoms with E-state index in [0.29, 0.717) is 0 Å². The average Bonchev–Trinajstić information content (AvgIpc) is 2.65. The third-order valence-corrected chi connectivity index (χ3v) is 3.87. The molecule has 0 aromatic heterocycles. The second-order valence-electron chi connectivity index (χ2n) is 5.49. The first-order valence-corrected chi connectivity index (χ1v) is 6.19. The molecule has 3 heteroatoms. The molecule has 0 aliphatic carbocycles. The summed E-state index contributed by atoms with van der Waals surface area (Å²) >= 11 is 0. The number of nitrogens with one attached hydrogen (secondary N) is 1. The van der Waals surface area contributed by atoms with Gasteiger partial charge in [-0.1, -0.05) is 0 Å². The van der Waals surface area contributed by atoms with Crippen molar-refractivity contribution in [3.8, 4) is 0 Å². The first-order valence-electron chi connectivity index (χ1n) is 6.19. The lowest BCUT2D eigenvalue weighted by atomic mass is 9.94. The molecule has 2 heterocycles. The second-order valence-corrected chi connectivity index (χ2v) is 5.49. The van der Waals surface area contributed by atoms with Gasteiger partial charge >= 0.3 is 0 Å². The third kappa shape index (κ3) is 3.16. The van der Waals surface area contributed by atoms with E-state index >= 15 is 0 Å². The summed E-state index contributed by atoms with van der Waals surface area (Å²) in [6, 6.07) is 0. The number of hydrogen-bond donors (Lipinski definition) is 1. The molecule has 0 radical (unpaired) electrons. The van der Waals surface area contributed by atoms with Gasteiger partial charge in [0.25, 0.3) is 0 Å². The molecule has 3 nitrogen and oxygen atoms in total. The van der Waals surface area contributed by atoms with Crippen LogP contribution in [0.2, 0.25) is 0 Å². The summed E-state index contributed by atoms with van der Waals surface area (Å²) in [6.45, 7) is 7.80. The Balaban J connectivity index is 1.69. The SMILES string of the molecule is CN1CCC(CNC2(C)CCOC2)CC1. The lowest BCUT2D eigenvalue weighted by Gasteiger charge is -2.32. The highest BCUT2D eigenvalue weighted by Gasteiger charge is 2.30. The molecule has 1 unspecified atom stereocenters. The van der Waals surface area contributed by atoms with Crippen LogP contribution in [0.3, 0.4) is 0 Å². The van der Waals surface area contributed by atoms with E-state index in [-0.39, 0.29) is 5.54 Å². The summed E-state index contributed by atoms with van der Waals surface area (Å²) < 4.78 is 5.45. The highest BCUT2D eigenvalue weighted by molar-refractivity contribution is 4.88. The molecular formula is C12H24N2O. The molecule has 0 aromatic carbocycles. The van der Waals surface area contributed by atoms with Crippen molar-refractivity contribution in [3.05, 3.63) is 0 Å². The Morgan fingerprint density at radius 1 is 1.40 bits per heavy atom. The van der Waals surface area contributed by atoms with Gasteiger partial charge in [0.05, 0.1) is 6.61 Å². The van der Waals surface area contributed by atoms with Gasteiger partial charge in [0.2, 0.25) is 0 Å². The van der Waals surface area contributed by atoms with Gasteiger partial charge in [-0.3, -0.25) is 0 Å². The van der Waals surface area contributed by atoms with Gasteiger partial charge in [-0.15, -0.1) is 0 Å². The molecule has 2 saturated heterocycles. The van der Waals surface area contributed by atoms with Gasteiger partial charge in [0, 0.05) is 12.1 Å².